The third kappa shape index (κ3) is 1.36. The summed E-state index contributed by atoms with van der Waals surface area (Å²) >= 11 is 2.42. The average molecular weight is 292 g/mol. The van der Waals surface area contributed by atoms with Crippen LogP contribution in [-0.2, 0) is 9.47 Å². The van der Waals surface area contributed by atoms with Gasteiger partial charge in [0.15, 0.2) is 6.29 Å². The number of allylic oxidation sites excluding steroid dienone is 1. The molecule has 3 aliphatic rings. The summed E-state index contributed by atoms with van der Waals surface area (Å²) in [6, 6.07) is 0. The van der Waals surface area contributed by atoms with E-state index in [4.69, 9.17) is 9.47 Å². The highest BCUT2D eigenvalue weighted by Crippen LogP contribution is 2.46. The molecular weight excluding hydrogens is 279 g/mol. The van der Waals surface area contributed by atoms with Crippen molar-refractivity contribution < 1.29 is 9.47 Å². The first-order valence-electron chi connectivity index (χ1n) is 4.96. The summed E-state index contributed by atoms with van der Waals surface area (Å²) in [5, 5.41) is 0. The maximum atomic E-state index is 5.89. The van der Waals surface area contributed by atoms with Crippen LogP contribution in [0.4, 0.5) is 0 Å². The monoisotopic (exact) mass is 292 g/mol. The molecule has 0 unspecified atom stereocenters. The van der Waals surface area contributed by atoms with Crippen molar-refractivity contribution in [3.05, 3.63) is 9.66 Å². The third-order valence-corrected chi connectivity index (χ3v) is 4.31. The van der Waals surface area contributed by atoms with E-state index in [1.807, 2.05) is 0 Å². The van der Waals surface area contributed by atoms with Crippen LogP contribution in [0.3, 0.4) is 0 Å². The maximum Gasteiger partial charge on any atom is 0.161 e. The Kier molecular flexibility index (Phi) is 2.14. The van der Waals surface area contributed by atoms with Crippen LogP contribution in [-0.4, -0.2) is 19.0 Å². The summed E-state index contributed by atoms with van der Waals surface area (Å²) in [6.45, 7) is 0.902. The summed E-state index contributed by atoms with van der Waals surface area (Å²) in [7, 11) is 0. The molecule has 0 aromatic rings. The number of fused-ring (bicyclic) bond motifs is 3. The normalized spacial score (nSPS) is 48.5. The third-order valence-electron chi connectivity index (χ3n) is 3.43. The maximum absolute atomic E-state index is 5.89. The lowest BCUT2D eigenvalue weighted by molar-refractivity contribution is -0.117. The quantitative estimate of drug-likeness (QED) is 0.639. The molecule has 1 aliphatic carbocycles. The van der Waals surface area contributed by atoms with Gasteiger partial charge >= 0.3 is 0 Å². The lowest BCUT2D eigenvalue weighted by atomic mass is 9.82. The first kappa shape index (κ1) is 8.68. The molecule has 0 aromatic carbocycles. The van der Waals surface area contributed by atoms with Gasteiger partial charge in [0.2, 0.25) is 0 Å². The molecule has 0 spiro atoms. The Hall–Kier alpha value is 0.390. The molecule has 0 N–H and O–H groups in total. The molecule has 13 heavy (non-hydrogen) atoms. The Balaban J connectivity index is 1.82. The zero-order valence-corrected chi connectivity index (χ0v) is 9.57. The van der Waals surface area contributed by atoms with Crippen LogP contribution in [0.2, 0.25) is 0 Å². The van der Waals surface area contributed by atoms with E-state index in [-0.39, 0.29) is 6.29 Å². The van der Waals surface area contributed by atoms with Crippen molar-refractivity contribution in [1.82, 2.24) is 0 Å². The second-order valence-electron chi connectivity index (χ2n) is 4.12. The number of halogens is 1. The van der Waals surface area contributed by atoms with E-state index in [0.29, 0.717) is 12.0 Å². The first-order valence-corrected chi connectivity index (χ1v) is 6.04. The van der Waals surface area contributed by atoms with Crippen LogP contribution >= 0.6 is 22.6 Å². The molecule has 0 saturated carbocycles. The van der Waals surface area contributed by atoms with E-state index in [9.17, 15) is 0 Å². The molecule has 2 fully saturated rings. The van der Waals surface area contributed by atoms with Gasteiger partial charge in [-0.2, -0.15) is 0 Å². The molecule has 0 aromatic heterocycles. The Morgan fingerprint density at radius 3 is 3.23 bits per heavy atom. The van der Waals surface area contributed by atoms with Gasteiger partial charge in [-0.15, -0.1) is 0 Å². The SMILES string of the molecule is IC1=CC[C@@H]2[C@@H]3CCO[C@@H]3O[C@@H]2C1. The highest BCUT2D eigenvalue weighted by Gasteiger charge is 2.47. The molecule has 2 aliphatic heterocycles. The van der Waals surface area contributed by atoms with Crippen molar-refractivity contribution in [1.29, 1.82) is 0 Å². The second kappa shape index (κ2) is 3.21. The van der Waals surface area contributed by atoms with Crippen LogP contribution in [0.5, 0.6) is 0 Å². The summed E-state index contributed by atoms with van der Waals surface area (Å²) < 4.78 is 12.9. The van der Waals surface area contributed by atoms with Gasteiger partial charge in [0, 0.05) is 12.3 Å². The van der Waals surface area contributed by atoms with Crippen LogP contribution in [0, 0.1) is 11.8 Å². The highest BCUT2D eigenvalue weighted by molar-refractivity contribution is 14.1. The molecule has 0 radical (unpaired) electrons. The first-order chi connectivity index (χ1) is 6.34. The molecule has 2 heterocycles. The topological polar surface area (TPSA) is 18.5 Å². The molecule has 3 heteroatoms. The van der Waals surface area contributed by atoms with Gasteiger partial charge in [0.05, 0.1) is 12.7 Å². The fourth-order valence-electron chi connectivity index (χ4n) is 2.75. The minimum Gasteiger partial charge on any atom is -0.352 e. The lowest BCUT2D eigenvalue weighted by Gasteiger charge is -2.24. The van der Waals surface area contributed by atoms with Crippen LogP contribution in [0.1, 0.15) is 19.3 Å². The minimum atomic E-state index is 0.130. The van der Waals surface area contributed by atoms with E-state index in [1.165, 1.54) is 16.4 Å². The second-order valence-corrected chi connectivity index (χ2v) is 5.51. The van der Waals surface area contributed by atoms with Crippen molar-refractivity contribution in [3.63, 3.8) is 0 Å². The Morgan fingerprint density at radius 2 is 2.31 bits per heavy atom. The zero-order valence-electron chi connectivity index (χ0n) is 7.41. The van der Waals surface area contributed by atoms with Crippen molar-refractivity contribution in [2.24, 2.45) is 11.8 Å². The van der Waals surface area contributed by atoms with Gasteiger partial charge < -0.3 is 9.47 Å². The summed E-state index contributed by atoms with van der Waals surface area (Å²) in [5.41, 5.74) is 0. The van der Waals surface area contributed by atoms with Crippen LogP contribution < -0.4 is 0 Å². The summed E-state index contributed by atoms with van der Waals surface area (Å²) in [4.78, 5) is 0. The van der Waals surface area contributed by atoms with Crippen molar-refractivity contribution in [2.75, 3.05) is 6.61 Å². The molecule has 4 atom stereocenters. The number of hydrogen-bond acceptors (Lipinski definition) is 2. The molecule has 0 amide bonds. The molecule has 3 rings (SSSR count). The minimum absolute atomic E-state index is 0.130. The number of hydrogen-bond donors (Lipinski definition) is 0. The Bertz CT molecular complexity index is 251. The van der Waals surface area contributed by atoms with Crippen LogP contribution in [0.15, 0.2) is 9.66 Å². The van der Waals surface area contributed by atoms with E-state index < -0.39 is 0 Å². The van der Waals surface area contributed by atoms with Crippen LogP contribution in [0.25, 0.3) is 0 Å². The summed E-state index contributed by atoms with van der Waals surface area (Å²) in [5.74, 6) is 1.43. The van der Waals surface area contributed by atoms with Gasteiger partial charge in [-0.1, -0.05) is 6.08 Å². The van der Waals surface area contributed by atoms with E-state index in [1.54, 1.807) is 0 Å². The predicted octanol–water partition coefficient (Wildman–Crippen LogP) is 2.48. The largest absolute Gasteiger partial charge is 0.352 e. The molecule has 2 nitrogen and oxygen atoms in total. The zero-order chi connectivity index (χ0) is 8.84. The average Bonchev–Trinajstić information content (AvgIpc) is 2.62. The number of rotatable bonds is 0. The molecule has 0 bridgehead atoms. The predicted molar refractivity (Wildman–Crippen MR) is 57.5 cm³/mol. The van der Waals surface area contributed by atoms with Gasteiger partial charge in [-0.05, 0) is 44.9 Å². The van der Waals surface area contributed by atoms with Gasteiger partial charge in [0.25, 0.3) is 0 Å². The fraction of sp³-hybridized carbons (Fsp3) is 0.800. The highest BCUT2D eigenvalue weighted by atomic mass is 127. The van der Waals surface area contributed by atoms with Gasteiger partial charge in [0.1, 0.15) is 0 Å². The Morgan fingerprint density at radius 1 is 1.38 bits per heavy atom. The van der Waals surface area contributed by atoms with E-state index >= 15 is 0 Å². The van der Waals surface area contributed by atoms with Crippen molar-refractivity contribution in [3.8, 4) is 0 Å². The molecular formula is C10H13IO2. The lowest BCUT2D eigenvalue weighted by Crippen LogP contribution is -2.22. The fourth-order valence-corrected chi connectivity index (χ4v) is 3.44. The summed E-state index contributed by atoms with van der Waals surface area (Å²) in [6.07, 6.45) is 6.47. The van der Waals surface area contributed by atoms with E-state index in [2.05, 4.69) is 28.7 Å². The number of ether oxygens (including phenoxy) is 2. The van der Waals surface area contributed by atoms with E-state index in [0.717, 1.165) is 18.9 Å². The van der Waals surface area contributed by atoms with Crippen molar-refractivity contribution >= 4 is 22.6 Å². The Labute approximate surface area is 91.8 Å². The standard InChI is InChI=1S/C10H13IO2/c11-6-1-2-7-8-3-4-12-10(8)13-9(7)5-6/h1,7-10H,2-5H2/t7-,8+,9-,10-/m1/s1. The van der Waals surface area contributed by atoms with Crippen molar-refractivity contribution in [2.45, 2.75) is 31.7 Å². The van der Waals surface area contributed by atoms with Gasteiger partial charge in [-0.3, -0.25) is 0 Å². The van der Waals surface area contributed by atoms with Gasteiger partial charge in [-0.25, -0.2) is 0 Å². The molecule has 72 valence electrons. The molecule has 2 saturated heterocycles. The smallest absolute Gasteiger partial charge is 0.161 e.